The number of halogens is 1. The molecule has 1 unspecified atom stereocenters. The molecule has 0 amide bonds. The van der Waals surface area contributed by atoms with Crippen LogP contribution in [0.2, 0.25) is 0 Å². The Balaban J connectivity index is 0.00000162. The second kappa shape index (κ2) is 6.44. The number of carbonyl (C=O) groups is 1. The van der Waals surface area contributed by atoms with Crippen molar-refractivity contribution in [3.05, 3.63) is 39.4 Å². The van der Waals surface area contributed by atoms with Crippen LogP contribution < -0.4 is 10.6 Å². The zero-order valence-electron chi connectivity index (χ0n) is 9.59. The molecule has 98 valence electrons. The lowest BCUT2D eigenvalue weighted by Crippen LogP contribution is -2.42. The molecule has 1 heterocycles. The Morgan fingerprint density at radius 3 is 2.72 bits per heavy atom. The number of nitrogens with zero attached hydrogens (tertiary/aromatic N) is 1. The van der Waals surface area contributed by atoms with Gasteiger partial charge < -0.3 is 10.6 Å². The summed E-state index contributed by atoms with van der Waals surface area (Å²) < 4.78 is 0. The number of nitrogens with one attached hydrogen (secondary N) is 2. The summed E-state index contributed by atoms with van der Waals surface area (Å²) in [6.07, 6.45) is 0.526. The van der Waals surface area contributed by atoms with Crippen LogP contribution in [0, 0.1) is 10.1 Å². The molecule has 1 aromatic carbocycles. The fourth-order valence-corrected chi connectivity index (χ4v) is 2.04. The zero-order valence-corrected chi connectivity index (χ0v) is 10.4. The van der Waals surface area contributed by atoms with Gasteiger partial charge >= 0.3 is 0 Å². The second-order valence-corrected chi connectivity index (χ2v) is 3.87. The maximum absolute atomic E-state index is 11.0. The fraction of sp³-hybridized carbons (Fsp3) is 0.364. The molecule has 1 aliphatic heterocycles. The zero-order chi connectivity index (χ0) is 12.3. The monoisotopic (exact) mass is 271 g/mol. The molecule has 0 saturated carbocycles. The topological polar surface area (TPSA) is 84.3 Å². The maximum atomic E-state index is 11.0. The first-order chi connectivity index (χ1) is 8.24. The van der Waals surface area contributed by atoms with Crippen molar-refractivity contribution in [1.82, 2.24) is 10.6 Å². The SMILES string of the molecule is Cl.O=Cc1cccc(C2CNCCN2)c1[N+](=O)[O-]. The lowest BCUT2D eigenvalue weighted by atomic mass is 10.00. The number of carbonyl (C=O) groups excluding carboxylic acids is 1. The van der Waals surface area contributed by atoms with Crippen molar-refractivity contribution >= 4 is 24.4 Å². The number of aldehydes is 1. The van der Waals surface area contributed by atoms with Crippen LogP contribution in [-0.4, -0.2) is 30.8 Å². The largest absolute Gasteiger partial charge is 0.314 e. The van der Waals surface area contributed by atoms with E-state index >= 15 is 0 Å². The maximum Gasteiger partial charge on any atom is 0.284 e. The number of hydrogen-bond acceptors (Lipinski definition) is 5. The third-order valence-electron chi connectivity index (χ3n) is 2.82. The summed E-state index contributed by atoms with van der Waals surface area (Å²) in [6, 6.07) is 4.70. The molecule has 1 aliphatic rings. The van der Waals surface area contributed by atoms with Crippen LogP contribution in [0.15, 0.2) is 18.2 Å². The van der Waals surface area contributed by atoms with Gasteiger partial charge in [0.25, 0.3) is 5.69 Å². The molecule has 7 heteroatoms. The quantitative estimate of drug-likeness (QED) is 0.488. The Morgan fingerprint density at radius 1 is 1.39 bits per heavy atom. The van der Waals surface area contributed by atoms with Crippen molar-refractivity contribution in [2.24, 2.45) is 0 Å². The first-order valence-electron chi connectivity index (χ1n) is 5.40. The van der Waals surface area contributed by atoms with Gasteiger partial charge in [0.2, 0.25) is 0 Å². The summed E-state index contributed by atoms with van der Waals surface area (Å²) in [4.78, 5) is 21.4. The Labute approximate surface area is 110 Å². The Hall–Kier alpha value is -1.50. The Bertz CT molecular complexity index is 447. The molecule has 0 aromatic heterocycles. The molecule has 6 nitrogen and oxygen atoms in total. The number of hydrogen-bond donors (Lipinski definition) is 2. The summed E-state index contributed by atoms with van der Waals surface area (Å²) in [5.74, 6) is 0. The highest BCUT2D eigenvalue weighted by Gasteiger charge is 2.26. The molecular formula is C11H14ClN3O3. The Morgan fingerprint density at radius 2 is 2.17 bits per heavy atom. The molecule has 2 rings (SSSR count). The van der Waals surface area contributed by atoms with Gasteiger partial charge in [0.05, 0.1) is 16.5 Å². The summed E-state index contributed by atoms with van der Waals surface area (Å²) >= 11 is 0. The highest BCUT2D eigenvalue weighted by atomic mass is 35.5. The van der Waals surface area contributed by atoms with Gasteiger partial charge in [-0.2, -0.15) is 0 Å². The number of rotatable bonds is 3. The normalized spacial score (nSPS) is 18.8. The molecule has 1 aromatic rings. The van der Waals surface area contributed by atoms with Crippen LogP contribution in [0.5, 0.6) is 0 Å². The van der Waals surface area contributed by atoms with Crippen LogP contribution in [0.3, 0.4) is 0 Å². The summed E-state index contributed by atoms with van der Waals surface area (Å²) in [5, 5.41) is 17.4. The molecular weight excluding hydrogens is 258 g/mol. The van der Waals surface area contributed by atoms with Gasteiger partial charge in [-0.05, 0) is 6.07 Å². The highest BCUT2D eigenvalue weighted by Crippen LogP contribution is 2.28. The van der Waals surface area contributed by atoms with E-state index in [1.807, 2.05) is 0 Å². The molecule has 18 heavy (non-hydrogen) atoms. The Kier molecular flexibility index (Phi) is 5.21. The number of piperazine rings is 1. The number of para-hydroxylation sites is 1. The van der Waals surface area contributed by atoms with Gasteiger partial charge in [-0.3, -0.25) is 14.9 Å². The average molecular weight is 272 g/mol. The van der Waals surface area contributed by atoms with Crippen LogP contribution in [-0.2, 0) is 0 Å². The lowest BCUT2D eigenvalue weighted by Gasteiger charge is -2.24. The molecule has 2 N–H and O–H groups in total. The molecule has 1 atom stereocenters. The molecule has 0 spiro atoms. The van der Waals surface area contributed by atoms with E-state index < -0.39 is 4.92 Å². The van der Waals surface area contributed by atoms with Crippen molar-refractivity contribution in [2.45, 2.75) is 6.04 Å². The van der Waals surface area contributed by atoms with Crippen molar-refractivity contribution in [2.75, 3.05) is 19.6 Å². The van der Waals surface area contributed by atoms with E-state index in [-0.39, 0.29) is 29.7 Å². The van der Waals surface area contributed by atoms with Gasteiger partial charge in [-0.25, -0.2) is 0 Å². The van der Waals surface area contributed by atoms with Gasteiger partial charge in [-0.1, -0.05) is 12.1 Å². The average Bonchev–Trinajstić information content (AvgIpc) is 2.38. The minimum absolute atomic E-state index is 0. The van der Waals surface area contributed by atoms with E-state index in [4.69, 9.17) is 0 Å². The number of nitro groups is 1. The summed E-state index contributed by atoms with van der Waals surface area (Å²) in [5.41, 5.74) is 0.593. The molecule has 0 radical (unpaired) electrons. The van der Waals surface area contributed by atoms with Crippen molar-refractivity contribution in [3.63, 3.8) is 0 Å². The summed E-state index contributed by atoms with van der Waals surface area (Å²) in [7, 11) is 0. The molecule has 0 aliphatic carbocycles. The van der Waals surface area contributed by atoms with E-state index in [1.54, 1.807) is 12.1 Å². The van der Waals surface area contributed by atoms with E-state index in [1.165, 1.54) is 6.07 Å². The molecule has 1 saturated heterocycles. The fourth-order valence-electron chi connectivity index (χ4n) is 2.04. The minimum atomic E-state index is -0.491. The van der Waals surface area contributed by atoms with Gasteiger partial charge in [0.15, 0.2) is 6.29 Å². The van der Waals surface area contributed by atoms with Gasteiger partial charge in [-0.15, -0.1) is 12.4 Å². The van der Waals surface area contributed by atoms with E-state index in [0.717, 1.165) is 13.1 Å². The van der Waals surface area contributed by atoms with Crippen molar-refractivity contribution in [3.8, 4) is 0 Å². The van der Waals surface area contributed by atoms with Gasteiger partial charge in [0.1, 0.15) is 0 Å². The first-order valence-corrected chi connectivity index (χ1v) is 5.40. The third-order valence-corrected chi connectivity index (χ3v) is 2.82. The van der Waals surface area contributed by atoms with E-state index in [9.17, 15) is 14.9 Å². The smallest absolute Gasteiger partial charge is 0.284 e. The predicted octanol–water partition coefficient (Wildman–Crippen LogP) is 1.06. The summed E-state index contributed by atoms with van der Waals surface area (Å²) in [6.45, 7) is 2.23. The predicted molar refractivity (Wildman–Crippen MR) is 69.3 cm³/mol. The highest BCUT2D eigenvalue weighted by molar-refractivity contribution is 5.85. The molecule has 1 fully saturated rings. The van der Waals surface area contributed by atoms with Crippen LogP contribution >= 0.6 is 12.4 Å². The third kappa shape index (κ3) is 2.84. The minimum Gasteiger partial charge on any atom is -0.314 e. The van der Waals surface area contributed by atoms with Crippen molar-refractivity contribution in [1.29, 1.82) is 0 Å². The lowest BCUT2D eigenvalue weighted by molar-refractivity contribution is -0.386. The van der Waals surface area contributed by atoms with Crippen LogP contribution in [0.25, 0.3) is 0 Å². The second-order valence-electron chi connectivity index (χ2n) is 3.87. The first kappa shape index (κ1) is 14.6. The molecule has 0 bridgehead atoms. The van der Waals surface area contributed by atoms with Crippen molar-refractivity contribution < 1.29 is 9.72 Å². The standard InChI is InChI=1S/C11H13N3O3.ClH/c15-7-8-2-1-3-9(11(8)14(16)17)10-6-12-4-5-13-10;/h1-3,7,10,12-13H,4-6H2;1H. The number of nitro benzene ring substituents is 1. The van der Waals surface area contributed by atoms with Crippen LogP contribution in [0.4, 0.5) is 5.69 Å². The van der Waals surface area contributed by atoms with E-state index in [0.29, 0.717) is 18.4 Å². The number of benzene rings is 1. The van der Waals surface area contributed by atoms with Crippen LogP contribution in [0.1, 0.15) is 22.0 Å². The van der Waals surface area contributed by atoms with Gasteiger partial charge in [0, 0.05) is 25.2 Å². The van der Waals surface area contributed by atoms with E-state index in [2.05, 4.69) is 10.6 Å².